The molecule has 0 amide bonds. The van der Waals surface area contributed by atoms with Gasteiger partial charge in [-0.15, -0.1) is 0 Å². The van der Waals surface area contributed by atoms with Crippen molar-refractivity contribution in [1.29, 1.82) is 0 Å². The number of anilines is 3. The number of hydrogen-bond donors (Lipinski definition) is 2. The Hall–Kier alpha value is -2.70. The van der Waals surface area contributed by atoms with E-state index in [-0.39, 0.29) is 11.6 Å². The molecule has 0 aliphatic heterocycles. The van der Waals surface area contributed by atoms with Crippen LogP contribution in [0.5, 0.6) is 17.4 Å². The fourth-order valence-corrected chi connectivity index (χ4v) is 2.37. The van der Waals surface area contributed by atoms with Crippen molar-refractivity contribution in [1.82, 2.24) is 9.97 Å². The molecule has 3 N–H and O–H groups in total. The minimum absolute atomic E-state index is 0.223. The number of nitrogens with two attached hydrogens (primary N) is 1. The van der Waals surface area contributed by atoms with Gasteiger partial charge in [-0.05, 0) is 42.5 Å². The zero-order valence-electron chi connectivity index (χ0n) is 13.2. The van der Waals surface area contributed by atoms with Crippen molar-refractivity contribution in [3.63, 3.8) is 0 Å². The summed E-state index contributed by atoms with van der Waals surface area (Å²) in [6, 6.07) is 12.1. The summed E-state index contributed by atoms with van der Waals surface area (Å²) in [6.07, 6.45) is 1.34. The van der Waals surface area contributed by atoms with Gasteiger partial charge in [-0.1, -0.05) is 23.2 Å². The van der Waals surface area contributed by atoms with Crippen LogP contribution in [-0.4, -0.2) is 17.1 Å². The van der Waals surface area contributed by atoms with E-state index in [1.54, 1.807) is 49.6 Å². The molecule has 0 fully saturated rings. The molecular weight excluding hydrogens is 363 g/mol. The summed E-state index contributed by atoms with van der Waals surface area (Å²) in [4.78, 5) is 8.19. The van der Waals surface area contributed by atoms with Crippen molar-refractivity contribution in [2.24, 2.45) is 0 Å². The third-order valence-electron chi connectivity index (χ3n) is 3.30. The largest absolute Gasteiger partial charge is 0.497 e. The fraction of sp³-hybridized carbons (Fsp3) is 0.0588. The normalized spacial score (nSPS) is 10.4. The summed E-state index contributed by atoms with van der Waals surface area (Å²) in [5.41, 5.74) is 6.93. The molecule has 8 heteroatoms. The molecule has 3 aromatic rings. The number of nitrogens with one attached hydrogen (secondary N) is 1. The lowest BCUT2D eigenvalue weighted by molar-refractivity contribution is 0.412. The minimum Gasteiger partial charge on any atom is -0.497 e. The van der Waals surface area contributed by atoms with Crippen molar-refractivity contribution in [2.75, 3.05) is 18.2 Å². The smallest absolute Gasteiger partial charge is 0.248 e. The molecule has 0 radical (unpaired) electrons. The van der Waals surface area contributed by atoms with E-state index in [2.05, 4.69) is 15.3 Å². The number of nitrogens with zero attached hydrogens (tertiary/aromatic N) is 2. The van der Waals surface area contributed by atoms with Crippen LogP contribution in [0.1, 0.15) is 0 Å². The number of aromatic nitrogens is 2. The Kier molecular flexibility index (Phi) is 5.11. The quantitative estimate of drug-likeness (QED) is 0.658. The van der Waals surface area contributed by atoms with E-state index in [0.29, 0.717) is 27.3 Å². The number of benzene rings is 2. The van der Waals surface area contributed by atoms with Crippen molar-refractivity contribution >= 4 is 40.4 Å². The SMILES string of the molecule is COc1ccc(Oc2ncnc(Nc3cc(Cl)ccc3Cl)c2N)cc1. The maximum absolute atomic E-state index is 6.15. The zero-order valence-corrected chi connectivity index (χ0v) is 14.7. The molecule has 0 atom stereocenters. The third kappa shape index (κ3) is 4.04. The van der Waals surface area contributed by atoms with Crippen LogP contribution in [0.15, 0.2) is 48.8 Å². The first-order valence-corrected chi connectivity index (χ1v) is 7.97. The zero-order chi connectivity index (χ0) is 17.8. The van der Waals surface area contributed by atoms with Crippen LogP contribution in [0, 0.1) is 0 Å². The van der Waals surface area contributed by atoms with E-state index in [9.17, 15) is 0 Å². The second-order valence-electron chi connectivity index (χ2n) is 4.97. The molecule has 3 rings (SSSR count). The summed E-state index contributed by atoms with van der Waals surface area (Å²) >= 11 is 12.1. The van der Waals surface area contributed by atoms with Gasteiger partial charge >= 0.3 is 0 Å². The predicted molar refractivity (Wildman–Crippen MR) is 99.3 cm³/mol. The topological polar surface area (TPSA) is 82.3 Å². The maximum Gasteiger partial charge on any atom is 0.248 e. The van der Waals surface area contributed by atoms with Crippen LogP contribution >= 0.6 is 23.2 Å². The van der Waals surface area contributed by atoms with Crippen LogP contribution in [0.2, 0.25) is 10.0 Å². The van der Waals surface area contributed by atoms with Gasteiger partial charge in [0.1, 0.15) is 23.5 Å². The van der Waals surface area contributed by atoms with Crippen LogP contribution in [-0.2, 0) is 0 Å². The number of rotatable bonds is 5. The number of halogens is 2. The third-order valence-corrected chi connectivity index (χ3v) is 3.87. The van der Waals surface area contributed by atoms with Gasteiger partial charge in [-0.2, -0.15) is 4.98 Å². The molecule has 0 bridgehead atoms. The maximum atomic E-state index is 6.15. The molecule has 1 heterocycles. The van der Waals surface area contributed by atoms with Crippen LogP contribution in [0.25, 0.3) is 0 Å². The molecule has 2 aromatic carbocycles. The molecular formula is C17H14Cl2N4O2. The van der Waals surface area contributed by atoms with E-state index < -0.39 is 0 Å². The Balaban J connectivity index is 1.85. The number of hydrogen-bond acceptors (Lipinski definition) is 6. The van der Waals surface area contributed by atoms with Crippen LogP contribution < -0.4 is 20.5 Å². The molecule has 0 saturated carbocycles. The van der Waals surface area contributed by atoms with Gasteiger partial charge in [0.25, 0.3) is 0 Å². The van der Waals surface area contributed by atoms with Gasteiger partial charge in [-0.3, -0.25) is 0 Å². The molecule has 0 aliphatic carbocycles. The van der Waals surface area contributed by atoms with E-state index in [4.69, 9.17) is 38.4 Å². The number of methoxy groups -OCH3 is 1. The van der Waals surface area contributed by atoms with E-state index in [1.165, 1.54) is 6.33 Å². The Morgan fingerprint density at radius 3 is 2.44 bits per heavy atom. The average Bonchev–Trinajstić information content (AvgIpc) is 2.62. The minimum atomic E-state index is 0.223. The standard InChI is InChI=1S/C17H14Cl2N4O2/c1-24-11-3-5-12(6-4-11)25-17-15(20)16(21-9-22-17)23-14-8-10(18)2-7-13(14)19/h2-9H,20H2,1H3,(H,21,22,23). The summed E-state index contributed by atoms with van der Waals surface area (Å²) in [5, 5.41) is 4.06. The lowest BCUT2D eigenvalue weighted by Crippen LogP contribution is -2.03. The monoisotopic (exact) mass is 376 g/mol. The van der Waals surface area contributed by atoms with Crippen LogP contribution in [0.4, 0.5) is 17.2 Å². The lowest BCUT2D eigenvalue weighted by atomic mass is 10.3. The van der Waals surface area contributed by atoms with Gasteiger partial charge in [0.2, 0.25) is 5.88 Å². The van der Waals surface area contributed by atoms with Gasteiger partial charge < -0.3 is 20.5 Å². The Labute approximate surface area is 154 Å². The fourth-order valence-electron chi connectivity index (χ4n) is 2.04. The summed E-state index contributed by atoms with van der Waals surface area (Å²) in [7, 11) is 1.59. The van der Waals surface area contributed by atoms with Gasteiger partial charge in [0.05, 0.1) is 17.8 Å². The van der Waals surface area contributed by atoms with Gasteiger partial charge in [0.15, 0.2) is 5.82 Å². The van der Waals surface area contributed by atoms with Gasteiger partial charge in [0, 0.05) is 5.02 Å². The number of ether oxygens (including phenoxy) is 2. The first-order chi connectivity index (χ1) is 12.1. The second-order valence-corrected chi connectivity index (χ2v) is 5.81. The van der Waals surface area contributed by atoms with Crippen molar-refractivity contribution in [3.05, 3.63) is 58.8 Å². The summed E-state index contributed by atoms with van der Waals surface area (Å²) in [5.74, 6) is 1.88. The molecule has 0 unspecified atom stereocenters. The summed E-state index contributed by atoms with van der Waals surface area (Å²) in [6.45, 7) is 0. The Morgan fingerprint density at radius 1 is 1.00 bits per heavy atom. The molecule has 25 heavy (non-hydrogen) atoms. The highest BCUT2D eigenvalue weighted by Crippen LogP contribution is 2.34. The van der Waals surface area contributed by atoms with E-state index >= 15 is 0 Å². The van der Waals surface area contributed by atoms with Crippen LogP contribution in [0.3, 0.4) is 0 Å². The molecule has 0 spiro atoms. The van der Waals surface area contributed by atoms with Crippen molar-refractivity contribution in [3.8, 4) is 17.4 Å². The lowest BCUT2D eigenvalue weighted by Gasteiger charge is -2.13. The average molecular weight is 377 g/mol. The molecule has 128 valence electrons. The van der Waals surface area contributed by atoms with E-state index in [1.807, 2.05) is 0 Å². The first-order valence-electron chi connectivity index (χ1n) is 7.21. The van der Waals surface area contributed by atoms with Gasteiger partial charge in [-0.25, -0.2) is 4.98 Å². The first kappa shape index (κ1) is 17.1. The molecule has 0 aliphatic rings. The molecule has 1 aromatic heterocycles. The Morgan fingerprint density at radius 2 is 1.72 bits per heavy atom. The second kappa shape index (κ2) is 7.46. The molecule has 6 nitrogen and oxygen atoms in total. The van der Waals surface area contributed by atoms with Crippen molar-refractivity contribution in [2.45, 2.75) is 0 Å². The highest BCUT2D eigenvalue weighted by molar-refractivity contribution is 6.35. The highest BCUT2D eigenvalue weighted by atomic mass is 35.5. The number of nitrogen functional groups attached to an aromatic ring is 1. The molecule has 0 saturated heterocycles. The predicted octanol–water partition coefficient (Wildman–Crippen LogP) is 4.91. The highest BCUT2D eigenvalue weighted by Gasteiger charge is 2.12. The Bertz CT molecular complexity index is 888. The summed E-state index contributed by atoms with van der Waals surface area (Å²) < 4.78 is 10.8. The van der Waals surface area contributed by atoms with Crippen molar-refractivity contribution < 1.29 is 9.47 Å². The van der Waals surface area contributed by atoms with E-state index in [0.717, 1.165) is 5.75 Å².